The Morgan fingerprint density at radius 1 is 1.05 bits per heavy atom. The van der Waals surface area contributed by atoms with Crippen LogP contribution in [-0.4, -0.2) is 12.4 Å². The van der Waals surface area contributed by atoms with E-state index in [-0.39, 0.29) is 23.5 Å². The molecule has 0 bridgehead atoms. The molecule has 0 fully saturated rings. The van der Waals surface area contributed by atoms with Crippen LogP contribution in [0.25, 0.3) is 0 Å². The van der Waals surface area contributed by atoms with Crippen molar-refractivity contribution >= 4 is 5.78 Å². The molecular weight excluding hydrogens is 274 g/mol. The summed E-state index contributed by atoms with van der Waals surface area (Å²) < 4.78 is 29.1. The zero-order chi connectivity index (χ0) is 15.2. The van der Waals surface area contributed by atoms with Crippen molar-refractivity contribution in [3.05, 3.63) is 65.2 Å². The van der Waals surface area contributed by atoms with Gasteiger partial charge < -0.3 is 4.74 Å². The van der Waals surface area contributed by atoms with Gasteiger partial charge in [-0.25, -0.2) is 0 Å². The normalized spacial score (nSPS) is 10.7. The Kier molecular flexibility index (Phi) is 5.04. The van der Waals surface area contributed by atoms with Gasteiger partial charge in [0.05, 0.1) is 5.56 Å². The van der Waals surface area contributed by atoms with Gasteiger partial charge >= 0.3 is 6.61 Å². The van der Waals surface area contributed by atoms with Crippen LogP contribution in [0.3, 0.4) is 0 Å². The molecule has 0 amide bonds. The van der Waals surface area contributed by atoms with Crippen LogP contribution in [0, 0.1) is 0 Å². The lowest BCUT2D eigenvalue weighted by atomic mass is 10.0. The topological polar surface area (TPSA) is 26.3 Å². The first kappa shape index (κ1) is 15.2. The molecule has 2 aromatic rings. The van der Waals surface area contributed by atoms with Crippen LogP contribution >= 0.6 is 0 Å². The van der Waals surface area contributed by atoms with Gasteiger partial charge in [-0.3, -0.25) is 4.79 Å². The molecule has 0 aromatic heterocycles. The molecule has 0 N–H and O–H groups in total. The van der Waals surface area contributed by atoms with Crippen molar-refractivity contribution in [2.45, 2.75) is 26.4 Å². The molecule has 21 heavy (non-hydrogen) atoms. The van der Waals surface area contributed by atoms with E-state index in [1.165, 1.54) is 17.7 Å². The molecule has 0 aliphatic rings. The number of aryl methyl sites for hydroxylation is 1. The maximum absolute atomic E-state index is 12.3. The summed E-state index contributed by atoms with van der Waals surface area (Å²) in [7, 11) is 0. The number of carbonyl (C=O) groups excluding carboxylic acids is 1. The molecule has 2 nitrogen and oxygen atoms in total. The molecule has 0 atom stereocenters. The molecule has 0 unspecified atom stereocenters. The van der Waals surface area contributed by atoms with Crippen molar-refractivity contribution in [3.63, 3.8) is 0 Å². The molecule has 0 aliphatic heterocycles. The van der Waals surface area contributed by atoms with Crippen LogP contribution in [0.2, 0.25) is 0 Å². The first-order valence-corrected chi connectivity index (χ1v) is 6.75. The molecule has 4 heteroatoms. The number of rotatable bonds is 6. The summed E-state index contributed by atoms with van der Waals surface area (Å²) in [6.07, 6.45) is 1.09. The highest BCUT2D eigenvalue weighted by Gasteiger charge is 2.15. The van der Waals surface area contributed by atoms with Gasteiger partial charge in [0.25, 0.3) is 0 Å². The smallest absolute Gasteiger partial charge is 0.387 e. The summed E-state index contributed by atoms with van der Waals surface area (Å²) in [6, 6.07) is 13.8. The van der Waals surface area contributed by atoms with Gasteiger partial charge in [-0.1, -0.05) is 43.3 Å². The lowest BCUT2D eigenvalue weighted by Crippen LogP contribution is -2.09. The first-order valence-electron chi connectivity index (χ1n) is 6.75. The van der Waals surface area contributed by atoms with E-state index >= 15 is 0 Å². The summed E-state index contributed by atoms with van der Waals surface area (Å²) in [5, 5.41) is 0. The molecule has 0 saturated heterocycles. The third-order valence-electron chi connectivity index (χ3n) is 3.20. The molecule has 0 radical (unpaired) electrons. The van der Waals surface area contributed by atoms with E-state index < -0.39 is 6.61 Å². The third-order valence-corrected chi connectivity index (χ3v) is 3.20. The van der Waals surface area contributed by atoms with Gasteiger partial charge in [-0.15, -0.1) is 0 Å². The zero-order valence-electron chi connectivity index (χ0n) is 11.7. The van der Waals surface area contributed by atoms with Crippen molar-refractivity contribution in [1.29, 1.82) is 0 Å². The van der Waals surface area contributed by atoms with Gasteiger partial charge in [0.15, 0.2) is 5.78 Å². The van der Waals surface area contributed by atoms with E-state index in [9.17, 15) is 13.6 Å². The maximum atomic E-state index is 12.3. The molecule has 110 valence electrons. The van der Waals surface area contributed by atoms with E-state index in [4.69, 9.17) is 0 Å². The van der Waals surface area contributed by atoms with Gasteiger partial charge in [-0.2, -0.15) is 8.78 Å². The van der Waals surface area contributed by atoms with E-state index in [0.717, 1.165) is 12.0 Å². The van der Waals surface area contributed by atoms with E-state index in [0.29, 0.717) is 0 Å². The van der Waals surface area contributed by atoms with Gasteiger partial charge in [-0.05, 0) is 29.7 Å². The summed E-state index contributed by atoms with van der Waals surface area (Å²) in [6.45, 7) is -0.888. The summed E-state index contributed by atoms with van der Waals surface area (Å²) in [5.41, 5.74) is 2.22. The number of para-hydroxylation sites is 1. The fourth-order valence-electron chi connectivity index (χ4n) is 2.07. The minimum absolute atomic E-state index is 0.0809. The SMILES string of the molecule is CCc1ccc(CC(=O)c2ccccc2OC(F)F)cc1. The summed E-state index contributed by atoms with van der Waals surface area (Å²) >= 11 is 0. The molecule has 0 spiro atoms. The minimum Gasteiger partial charge on any atom is -0.434 e. The first-order chi connectivity index (χ1) is 10.1. The number of ketones is 1. The van der Waals surface area contributed by atoms with Gasteiger partial charge in [0, 0.05) is 6.42 Å². The zero-order valence-corrected chi connectivity index (χ0v) is 11.7. The van der Waals surface area contributed by atoms with Crippen LogP contribution in [0.4, 0.5) is 8.78 Å². The molecule has 0 saturated carbocycles. The number of Topliss-reactive ketones (excluding diaryl/α,β-unsaturated/α-hetero) is 1. The van der Waals surface area contributed by atoms with Crippen molar-refractivity contribution in [1.82, 2.24) is 0 Å². The van der Waals surface area contributed by atoms with Crippen molar-refractivity contribution in [3.8, 4) is 5.75 Å². The third kappa shape index (κ3) is 4.12. The second-order valence-corrected chi connectivity index (χ2v) is 4.64. The van der Waals surface area contributed by atoms with Crippen molar-refractivity contribution in [2.75, 3.05) is 0 Å². The number of benzene rings is 2. The Morgan fingerprint density at radius 3 is 2.29 bits per heavy atom. The van der Waals surface area contributed by atoms with Crippen molar-refractivity contribution in [2.24, 2.45) is 0 Å². The number of ether oxygens (including phenoxy) is 1. The fraction of sp³-hybridized carbons (Fsp3) is 0.235. The lowest BCUT2D eigenvalue weighted by molar-refractivity contribution is -0.0501. The number of hydrogen-bond acceptors (Lipinski definition) is 2. The second-order valence-electron chi connectivity index (χ2n) is 4.64. The van der Waals surface area contributed by atoms with E-state index in [1.807, 2.05) is 24.3 Å². The predicted molar refractivity (Wildman–Crippen MR) is 76.9 cm³/mol. The maximum Gasteiger partial charge on any atom is 0.387 e. The van der Waals surface area contributed by atoms with E-state index in [2.05, 4.69) is 11.7 Å². The Bertz CT molecular complexity index is 606. The average Bonchev–Trinajstić information content (AvgIpc) is 2.48. The molecule has 0 heterocycles. The fourth-order valence-corrected chi connectivity index (χ4v) is 2.07. The Balaban J connectivity index is 2.16. The highest BCUT2D eigenvalue weighted by molar-refractivity contribution is 5.99. The van der Waals surface area contributed by atoms with Crippen LogP contribution < -0.4 is 4.74 Å². The van der Waals surface area contributed by atoms with Crippen molar-refractivity contribution < 1.29 is 18.3 Å². The molecule has 2 aromatic carbocycles. The largest absolute Gasteiger partial charge is 0.434 e. The predicted octanol–water partition coefficient (Wildman–Crippen LogP) is 4.28. The average molecular weight is 290 g/mol. The number of alkyl halides is 2. The van der Waals surface area contributed by atoms with E-state index in [1.54, 1.807) is 12.1 Å². The Labute approximate surface area is 122 Å². The Hall–Kier alpha value is -2.23. The highest BCUT2D eigenvalue weighted by Crippen LogP contribution is 2.22. The second kappa shape index (κ2) is 6.97. The number of halogens is 2. The standard InChI is InChI=1S/C17H16F2O2/c1-2-12-7-9-13(10-8-12)11-15(20)14-5-3-4-6-16(14)21-17(18)19/h3-10,17H,2,11H2,1H3. The molecule has 2 rings (SSSR count). The van der Waals surface area contributed by atoms with Gasteiger partial charge in [0.1, 0.15) is 5.75 Å². The molecule has 0 aliphatic carbocycles. The number of hydrogen-bond donors (Lipinski definition) is 0. The number of carbonyl (C=O) groups is 1. The molecular formula is C17H16F2O2. The summed E-state index contributed by atoms with van der Waals surface area (Å²) in [4.78, 5) is 12.2. The minimum atomic E-state index is -2.94. The van der Waals surface area contributed by atoms with Crippen LogP contribution in [0.1, 0.15) is 28.4 Å². The van der Waals surface area contributed by atoms with Crippen LogP contribution in [0.15, 0.2) is 48.5 Å². The lowest BCUT2D eigenvalue weighted by Gasteiger charge is -2.09. The summed E-state index contributed by atoms with van der Waals surface area (Å²) in [5.74, 6) is -0.321. The quantitative estimate of drug-likeness (QED) is 0.742. The Morgan fingerprint density at radius 2 is 1.67 bits per heavy atom. The van der Waals surface area contributed by atoms with Crippen LogP contribution in [-0.2, 0) is 12.8 Å². The monoisotopic (exact) mass is 290 g/mol. The van der Waals surface area contributed by atoms with Crippen LogP contribution in [0.5, 0.6) is 5.75 Å². The van der Waals surface area contributed by atoms with Gasteiger partial charge in [0.2, 0.25) is 0 Å². The highest BCUT2D eigenvalue weighted by atomic mass is 19.3.